The maximum absolute atomic E-state index is 13.0. The number of fused-ring (bicyclic) bond motifs is 2. The first kappa shape index (κ1) is 17.4. The molecule has 0 unspecified atom stereocenters. The number of carbonyl (C=O) groups excluding carboxylic acids is 2. The number of carbonyl (C=O) groups is 2. The largest absolute Gasteiger partial charge is 0.398 e. The van der Waals surface area contributed by atoms with Gasteiger partial charge in [-0.2, -0.15) is 0 Å². The van der Waals surface area contributed by atoms with Crippen molar-refractivity contribution in [2.24, 2.45) is 0 Å². The highest BCUT2D eigenvalue weighted by Gasteiger charge is 2.43. The monoisotopic (exact) mass is 424 g/mol. The number of amides is 2. The van der Waals surface area contributed by atoms with Crippen molar-refractivity contribution in [3.8, 4) is 0 Å². The minimum absolute atomic E-state index is 0.0671. The van der Waals surface area contributed by atoms with E-state index in [0.29, 0.717) is 16.8 Å². The Kier molecular flexibility index (Phi) is 4.04. The van der Waals surface area contributed by atoms with Crippen LogP contribution in [0.5, 0.6) is 0 Å². The Morgan fingerprint density at radius 2 is 1.23 bits per heavy atom. The van der Waals surface area contributed by atoms with E-state index < -0.39 is 11.8 Å². The quantitative estimate of drug-likeness (QED) is 0.230. The zero-order valence-corrected chi connectivity index (χ0v) is 15.8. The van der Waals surface area contributed by atoms with Crippen LogP contribution in [-0.4, -0.2) is 11.8 Å². The molecule has 130 valence electrons. The van der Waals surface area contributed by atoms with Crippen LogP contribution in [-0.2, 0) is 0 Å². The van der Waals surface area contributed by atoms with Crippen LogP contribution < -0.4 is 10.6 Å². The van der Waals surface area contributed by atoms with Gasteiger partial charge in [0.25, 0.3) is 11.8 Å². The van der Waals surface area contributed by atoms with Crippen molar-refractivity contribution in [3.63, 3.8) is 0 Å². The normalized spacial score (nSPS) is 13.6. The predicted molar refractivity (Wildman–Crippen MR) is 106 cm³/mol. The Morgan fingerprint density at radius 1 is 0.731 bits per heavy atom. The Balaban J connectivity index is 2.03. The fourth-order valence-electron chi connectivity index (χ4n) is 3.10. The van der Waals surface area contributed by atoms with Crippen molar-refractivity contribution in [1.29, 1.82) is 0 Å². The van der Waals surface area contributed by atoms with Gasteiger partial charge in [-0.05, 0) is 17.5 Å². The fraction of sp³-hybridized carbons (Fsp3) is 0. The summed E-state index contributed by atoms with van der Waals surface area (Å²) in [4.78, 5) is 27.0. The molecule has 0 radical (unpaired) electrons. The van der Waals surface area contributed by atoms with Crippen LogP contribution in [0.4, 0.5) is 11.4 Å². The molecule has 3 aromatic carbocycles. The molecule has 0 saturated heterocycles. The summed E-state index contributed by atoms with van der Waals surface area (Å²) in [6, 6.07) is 10.5. The Labute approximate surface area is 168 Å². The number of imide groups is 1. The minimum atomic E-state index is -0.633. The number of nitrogens with two attached hydrogens (primary N) is 1. The summed E-state index contributed by atoms with van der Waals surface area (Å²) in [5.41, 5.74) is 6.72. The van der Waals surface area contributed by atoms with E-state index in [1.807, 2.05) is 12.1 Å². The molecule has 26 heavy (non-hydrogen) atoms. The Morgan fingerprint density at radius 3 is 1.77 bits per heavy atom. The molecule has 3 aromatic rings. The molecule has 0 saturated carbocycles. The van der Waals surface area contributed by atoms with Gasteiger partial charge >= 0.3 is 0 Å². The van der Waals surface area contributed by atoms with Gasteiger partial charge in [-0.25, -0.2) is 4.90 Å². The van der Waals surface area contributed by atoms with E-state index in [-0.39, 0.29) is 31.2 Å². The molecular formula is C18H8Cl4N2O2. The molecule has 0 aromatic heterocycles. The van der Waals surface area contributed by atoms with Crippen LogP contribution in [0.2, 0.25) is 20.1 Å². The average Bonchev–Trinajstić information content (AvgIpc) is 2.88. The lowest BCUT2D eigenvalue weighted by atomic mass is 10.1. The second-order valence-electron chi connectivity index (χ2n) is 5.67. The topological polar surface area (TPSA) is 63.4 Å². The van der Waals surface area contributed by atoms with E-state index in [1.54, 1.807) is 24.3 Å². The SMILES string of the molecule is Nc1cccc2cccc(N3C(=O)c4c(Cl)c(Cl)c(Cl)c(Cl)c4C3=O)c12. The number of nitrogen functional groups attached to an aromatic ring is 1. The van der Waals surface area contributed by atoms with E-state index >= 15 is 0 Å². The summed E-state index contributed by atoms with van der Waals surface area (Å²) < 4.78 is 0. The van der Waals surface area contributed by atoms with Gasteiger partial charge in [-0.3, -0.25) is 9.59 Å². The molecule has 2 N–H and O–H groups in total. The molecule has 4 nitrogen and oxygen atoms in total. The van der Waals surface area contributed by atoms with Gasteiger partial charge in [0.1, 0.15) is 0 Å². The number of anilines is 2. The predicted octanol–water partition coefficient (Wildman–Crippen LogP) is 5.84. The third-order valence-corrected chi connectivity index (χ3v) is 6.06. The van der Waals surface area contributed by atoms with Crippen LogP contribution in [0, 0.1) is 0 Å². The van der Waals surface area contributed by atoms with Gasteiger partial charge in [-0.1, -0.05) is 70.7 Å². The smallest absolute Gasteiger partial charge is 0.267 e. The number of nitrogens with zero attached hydrogens (tertiary/aromatic N) is 1. The molecule has 1 heterocycles. The van der Waals surface area contributed by atoms with Gasteiger partial charge < -0.3 is 5.73 Å². The van der Waals surface area contributed by atoms with Crippen molar-refractivity contribution in [2.45, 2.75) is 0 Å². The Bertz CT molecular complexity index is 1090. The van der Waals surface area contributed by atoms with Crippen LogP contribution in [0.3, 0.4) is 0 Å². The number of rotatable bonds is 1. The molecule has 2 amide bonds. The summed E-state index contributed by atoms with van der Waals surface area (Å²) in [7, 11) is 0. The van der Waals surface area contributed by atoms with Crippen LogP contribution >= 0.6 is 46.4 Å². The first-order valence-electron chi connectivity index (χ1n) is 7.36. The summed E-state index contributed by atoms with van der Waals surface area (Å²) in [6.45, 7) is 0. The summed E-state index contributed by atoms with van der Waals surface area (Å²) >= 11 is 24.4. The summed E-state index contributed by atoms with van der Waals surface area (Å²) in [5, 5.41) is 1.01. The summed E-state index contributed by atoms with van der Waals surface area (Å²) in [5.74, 6) is -1.27. The molecular weight excluding hydrogens is 418 g/mol. The Hall–Kier alpha value is -1.98. The van der Waals surface area contributed by atoms with E-state index in [1.165, 1.54) is 0 Å². The fourth-order valence-corrected chi connectivity index (χ4v) is 4.12. The zero-order valence-electron chi connectivity index (χ0n) is 12.8. The molecule has 0 aliphatic carbocycles. The first-order valence-corrected chi connectivity index (χ1v) is 8.87. The highest BCUT2D eigenvalue weighted by Crippen LogP contribution is 2.46. The van der Waals surface area contributed by atoms with Crippen molar-refractivity contribution >= 4 is 80.4 Å². The lowest BCUT2D eigenvalue weighted by Gasteiger charge is -2.17. The molecule has 1 aliphatic rings. The molecule has 1 aliphatic heterocycles. The number of hydrogen-bond acceptors (Lipinski definition) is 3. The third-order valence-electron chi connectivity index (χ3n) is 4.26. The van der Waals surface area contributed by atoms with Gasteiger partial charge in [0.05, 0.1) is 36.9 Å². The lowest BCUT2D eigenvalue weighted by Crippen LogP contribution is -2.29. The van der Waals surface area contributed by atoms with E-state index in [2.05, 4.69) is 0 Å². The second-order valence-corrected chi connectivity index (χ2v) is 7.19. The van der Waals surface area contributed by atoms with Gasteiger partial charge in [0, 0.05) is 11.1 Å². The van der Waals surface area contributed by atoms with Crippen molar-refractivity contribution in [1.82, 2.24) is 0 Å². The van der Waals surface area contributed by atoms with Gasteiger partial charge in [0.15, 0.2) is 0 Å². The standard InChI is InChI=1S/C18H8Cl4N2O2/c19-13-11-12(14(20)16(22)15(13)21)18(26)24(17(11)25)9-6-2-4-7-3-1-5-8(23)10(7)9/h1-6H,23H2. The number of benzene rings is 3. The maximum Gasteiger partial charge on any atom is 0.267 e. The zero-order chi connectivity index (χ0) is 18.7. The second kappa shape index (κ2) is 6.03. The molecule has 0 atom stereocenters. The molecule has 8 heteroatoms. The first-order chi connectivity index (χ1) is 12.3. The molecule has 0 spiro atoms. The minimum Gasteiger partial charge on any atom is -0.398 e. The van der Waals surface area contributed by atoms with Crippen LogP contribution in [0.1, 0.15) is 20.7 Å². The highest BCUT2D eigenvalue weighted by molar-refractivity contribution is 6.56. The van der Waals surface area contributed by atoms with Crippen molar-refractivity contribution < 1.29 is 9.59 Å². The van der Waals surface area contributed by atoms with Crippen molar-refractivity contribution in [3.05, 3.63) is 67.6 Å². The highest BCUT2D eigenvalue weighted by atomic mass is 35.5. The van der Waals surface area contributed by atoms with Gasteiger partial charge in [-0.15, -0.1) is 0 Å². The van der Waals surface area contributed by atoms with Crippen LogP contribution in [0.15, 0.2) is 36.4 Å². The van der Waals surface area contributed by atoms with Gasteiger partial charge in [0.2, 0.25) is 0 Å². The van der Waals surface area contributed by atoms with Crippen LogP contribution in [0.25, 0.3) is 10.8 Å². The van der Waals surface area contributed by atoms with Crippen molar-refractivity contribution in [2.75, 3.05) is 10.6 Å². The lowest BCUT2D eigenvalue weighted by molar-refractivity contribution is 0.0926. The average molecular weight is 426 g/mol. The molecule has 4 rings (SSSR count). The number of hydrogen-bond donors (Lipinski definition) is 1. The summed E-state index contributed by atoms with van der Waals surface area (Å²) in [6.07, 6.45) is 0. The van der Waals surface area contributed by atoms with E-state index in [0.717, 1.165) is 10.3 Å². The third kappa shape index (κ3) is 2.23. The molecule has 0 bridgehead atoms. The van der Waals surface area contributed by atoms with E-state index in [4.69, 9.17) is 52.1 Å². The molecule has 0 fully saturated rings. The maximum atomic E-state index is 13.0. The number of halogens is 4. The van der Waals surface area contributed by atoms with E-state index in [9.17, 15) is 9.59 Å².